The second-order valence-corrected chi connectivity index (χ2v) is 19.3. The third-order valence-corrected chi connectivity index (χ3v) is 13.4. The van der Waals surface area contributed by atoms with Gasteiger partial charge < -0.3 is 33.3 Å². The zero-order chi connectivity index (χ0) is 40.1. The Labute approximate surface area is 330 Å². The SMILES string of the molecule is C=CCOCC=C[C@H]1CC(=C)[C@H](CC[C@H]2C[C@@H](C)C(=C)[C@@H](C[C@@H]3O[C@H](C[C@H]4CN(C(=O)C(C)(C)C)C(C)(C)O4)[C@H](OC)[C@H]3CS(=O)(=O)c3ccccc3)O2)O1. The first-order chi connectivity index (χ1) is 25.9. The third kappa shape index (κ3) is 10.9. The average Bonchev–Trinajstić information content (AvgIpc) is 3.75. The number of hydrogen-bond acceptors (Lipinski definition) is 9. The molecule has 0 saturated carbocycles. The monoisotopic (exact) mass is 783 g/mol. The van der Waals surface area contributed by atoms with Gasteiger partial charge in [-0.1, -0.05) is 77.3 Å². The predicted octanol–water partition coefficient (Wildman–Crippen LogP) is 7.25. The van der Waals surface area contributed by atoms with Crippen LogP contribution in [0.2, 0.25) is 0 Å². The normalized spacial score (nSPS) is 32.8. The van der Waals surface area contributed by atoms with E-state index in [2.05, 4.69) is 26.7 Å². The molecule has 0 aromatic heterocycles. The maximum absolute atomic E-state index is 13.9. The Morgan fingerprint density at radius 1 is 1.00 bits per heavy atom. The number of carbonyl (C=O) groups excluding carboxylic acids is 1. The molecule has 4 aliphatic rings. The molecule has 0 bridgehead atoms. The van der Waals surface area contributed by atoms with Gasteiger partial charge in [-0.2, -0.15) is 0 Å². The van der Waals surface area contributed by atoms with Gasteiger partial charge >= 0.3 is 0 Å². The minimum absolute atomic E-state index is 0.0162. The van der Waals surface area contributed by atoms with Gasteiger partial charge in [0.1, 0.15) is 5.72 Å². The smallest absolute Gasteiger partial charge is 0.230 e. The summed E-state index contributed by atoms with van der Waals surface area (Å²) in [6, 6.07) is 8.54. The summed E-state index contributed by atoms with van der Waals surface area (Å²) in [5.74, 6) is -0.388. The van der Waals surface area contributed by atoms with Crippen molar-refractivity contribution in [2.45, 2.75) is 140 Å². The van der Waals surface area contributed by atoms with Gasteiger partial charge in [0, 0.05) is 44.2 Å². The largest absolute Gasteiger partial charge is 0.378 e. The van der Waals surface area contributed by atoms with Crippen LogP contribution in [0.25, 0.3) is 0 Å². The molecule has 4 fully saturated rings. The van der Waals surface area contributed by atoms with Gasteiger partial charge in [-0.25, -0.2) is 8.42 Å². The Morgan fingerprint density at radius 2 is 1.73 bits per heavy atom. The highest BCUT2D eigenvalue weighted by Gasteiger charge is 2.52. The summed E-state index contributed by atoms with van der Waals surface area (Å²) in [5, 5.41) is 0. The first-order valence-corrected chi connectivity index (χ1v) is 21.6. The van der Waals surface area contributed by atoms with E-state index in [-0.39, 0.29) is 53.0 Å². The summed E-state index contributed by atoms with van der Waals surface area (Å²) < 4.78 is 65.8. The van der Waals surface area contributed by atoms with Crippen LogP contribution in [-0.2, 0) is 43.1 Å². The topological polar surface area (TPSA) is 110 Å². The molecule has 1 aromatic carbocycles. The van der Waals surface area contributed by atoms with Crippen molar-refractivity contribution in [2.75, 3.05) is 32.6 Å². The van der Waals surface area contributed by atoms with Crippen molar-refractivity contribution in [1.82, 2.24) is 4.90 Å². The van der Waals surface area contributed by atoms with Crippen molar-refractivity contribution in [3.8, 4) is 0 Å². The van der Waals surface area contributed by atoms with Crippen LogP contribution in [0.1, 0.15) is 80.1 Å². The highest BCUT2D eigenvalue weighted by molar-refractivity contribution is 7.91. The first-order valence-electron chi connectivity index (χ1n) is 19.9. The molecular formula is C44H65NO9S. The summed E-state index contributed by atoms with van der Waals surface area (Å²) in [7, 11) is -2.07. The summed E-state index contributed by atoms with van der Waals surface area (Å²) in [6.07, 6.45) is 7.71. The number of ether oxygens (including phenoxy) is 6. The zero-order valence-electron chi connectivity index (χ0n) is 34.1. The molecule has 1 aromatic rings. The van der Waals surface area contributed by atoms with Crippen molar-refractivity contribution in [2.24, 2.45) is 17.3 Å². The van der Waals surface area contributed by atoms with E-state index in [1.807, 2.05) is 46.8 Å². The molecule has 10 atom stereocenters. The third-order valence-electron chi connectivity index (χ3n) is 11.6. The lowest BCUT2D eigenvalue weighted by molar-refractivity contribution is -0.154. The fourth-order valence-corrected chi connectivity index (χ4v) is 10.3. The fourth-order valence-electron chi connectivity index (χ4n) is 8.60. The quantitative estimate of drug-likeness (QED) is 0.127. The molecule has 1 amide bonds. The van der Waals surface area contributed by atoms with Crippen LogP contribution < -0.4 is 0 Å². The lowest BCUT2D eigenvalue weighted by atomic mass is 9.83. The Morgan fingerprint density at radius 3 is 2.40 bits per heavy atom. The second kappa shape index (κ2) is 18.3. The van der Waals surface area contributed by atoms with Gasteiger partial charge in [0.15, 0.2) is 9.84 Å². The van der Waals surface area contributed by atoms with Crippen molar-refractivity contribution < 1.29 is 41.6 Å². The van der Waals surface area contributed by atoms with E-state index in [9.17, 15) is 13.2 Å². The Hall–Kier alpha value is -2.64. The molecule has 4 saturated heterocycles. The van der Waals surface area contributed by atoms with Gasteiger partial charge in [0.2, 0.25) is 5.91 Å². The van der Waals surface area contributed by atoms with Crippen molar-refractivity contribution in [3.05, 3.63) is 79.4 Å². The number of sulfone groups is 1. The number of benzene rings is 1. The van der Waals surface area contributed by atoms with Crippen LogP contribution in [0.5, 0.6) is 0 Å². The van der Waals surface area contributed by atoms with Crippen LogP contribution in [-0.4, -0.2) is 106 Å². The van der Waals surface area contributed by atoms with Gasteiger partial charge in [-0.3, -0.25) is 4.79 Å². The van der Waals surface area contributed by atoms with Gasteiger partial charge in [-0.15, -0.1) is 6.58 Å². The Balaban J connectivity index is 1.29. The van der Waals surface area contributed by atoms with Crippen molar-refractivity contribution >= 4 is 15.7 Å². The van der Waals surface area contributed by atoms with Crippen LogP contribution in [0.3, 0.4) is 0 Å². The second-order valence-electron chi connectivity index (χ2n) is 17.3. The van der Waals surface area contributed by atoms with Gasteiger partial charge in [0.05, 0.1) is 72.7 Å². The standard InChI is InChI=1S/C44H65NO9S/c1-11-21-50-22-15-16-32-24-30(3)37(51-32)20-19-33-23-29(2)31(4)38(52-33)26-39-36(28-55(47,48)35-17-13-12-14-18-35)41(49-10)40(53-39)25-34-27-45(44(8,9)54-34)42(46)43(5,6)7/h11-18,29,32-34,36-41H,1,3-4,19-28H2,2,5-10H3/t29-,32+,33+,34+,36+,37+,38-,39+,40-,41-/m1/s1. The molecule has 0 aliphatic carbocycles. The molecule has 4 heterocycles. The highest BCUT2D eigenvalue weighted by atomic mass is 32.2. The van der Waals surface area contributed by atoms with Crippen molar-refractivity contribution in [3.63, 3.8) is 0 Å². The molecule has 10 nitrogen and oxygen atoms in total. The number of methoxy groups -OCH3 is 1. The molecular weight excluding hydrogens is 719 g/mol. The van der Waals surface area contributed by atoms with E-state index in [1.54, 1.807) is 48.4 Å². The summed E-state index contributed by atoms with van der Waals surface area (Å²) in [5.41, 5.74) is 0.722. The fraction of sp³-hybridized carbons (Fsp3) is 0.659. The van der Waals surface area contributed by atoms with Crippen LogP contribution in [0.4, 0.5) is 0 Å². The van der Waals surface area contributed by atoms with E-state index >= 15 is 0 Å². The molecule has 0 N–H and O–H groups in total. The lowest BCUT2D eigenvalue weighted by Gasteiger charge is -2.38. The average molecular weight is 784 g/mol. The summed E-state index contributed by atoms with van der Waals surface area (Å²) in [4.78, 5) is 15.5. The molecule has 5 rings (SSSR count). The molecule has 306 valence electrons. The highest BCUT2D eigenvalue weighted by Crippen LogP contribution is 2.42. The molecule has 4 aliphatic heterocycles. The number of rotatable bonds is 16. The number of hydrogen-bond donors (Lipinski definition) is 0. The van der Waals surface area contributed by atoms with E-state index in [0.717, 1.165) is 36.8 Å². The van der Waals surface area contributed by atoms with E-state index < -0.39 is 45.2 Å². The zero-order valence-corrected chi connectivity index (χ0v) is 34.9. The summed E-state index contributed by atoms with van der Waals surface area (Å²) in [6.45, 7) is 25.6. The van der Waals surface area contributed by atoms with Crippen molar-refractivity contribution in [1.29, 1.82) is 0 Å². The maximum Gasteiger partial charge on any atom is 0.230 e. The minimum atomic E-state index is -3.68. The maximum atomic E-state index is 13.9. The van der Waals surface area contributed by atoms with Crippen LogP contribution in [0.15, 0.2) is 84.3 Å². The van der Waals surface area contributed by atoms with E-state index in [1.165, 1.54) is 0 Å². The minimum Gasteiger partial charge on any atom is -0.378 e. The predicted molar refractivity (Wildman–Crippen MR) is 214 cm³/mol. The van der Waals surface area contributed by atoms with Crippen LogP contribution >= 0.6 is 0 Å². The van der Waals surface area contributed by atoms with Gasteiger partial charge in [-0.05, 0) is 62.3 Å². The molecule has 11 heteroatoms. The number of carbonyl (C=O) groups is 1. The van der Waals surface area contributed by atoms with Crippen LogP contribution in [0, 0.1) is 17.3 Å². The molecule has 0 unspecified atom stereocenters. The lowest BCUT2D eigenvalue weighted by Crippen LogP contribution is -2.48. The molecule has 0 radical (unpaired) electrons. The number of amides is 1. The number of nitrogens with zero attached hydrogens (tertiary/aromatic N) is 1. The van der Waals surface area contributed by atoms with E-state index in [4.69, 9.17) is 28.4 Å². The first kappa shape index (κ1) is 43.5. The Kier molecular flexibility index (Phi) is 14.5. The van der Waals surface area contributed by atoms with Gasteiger partial charge in [0.25, 0.3) is 0 Å². The Bertz CT molecular complexity index is 1630. The summed E-state index contributed by atoms with van der Waals surface area (Å²) >= 11 is 0. The van der Waals surface area contributed by atoms with E-state index in [0.29, 0.717) is 32.6 Å². The molecule has 55 heavy (non-hydrogen) atoms. The molecule has 0 spiro atoms.